The quantitative estimate of drug-likeness (QED) is 0.825. The Morgan fingerprint density at radius 2 is 1.91 bits per heavy atom. The summed E-state index contributed by atoms with van der Waals surface area (Å²) in [4.78, 5) is 31.7. The third kappa shape index (κ3) is 4.19. The molecular formula is C17H26N4O2. The molecule has 3 heterocycles. The zero-order chi connectivity index (χ0) is 16.2. The molecule has 1 unspecified atom stereocenters. The first kappa shape index (κ1) is 16.2. The van der Waals surface area contributed by atoms with Gasteiger partial charge in [-0.1, -0.05) is 0 Å². The van der Waals surface area contributed by atoms with E-state index in [1.165, 1.54) is 6.07 Å². The first-order chi connectivity index (χ1) is 11.1. The number of amides is 1. The maximum absolute atomic E-state index is 11.8. The summed E-state index contributed by atoms with van der Waals surface area (Å²) in [6.07, 6.45) is 7.17. The van der Waals surface area contributed by atoms with Crippen LogP contribution in [0.2, 0.25) is 0 Å². The predicted molar refractivity (Wildman–Crippen MR) is 88.0 cm³/mol. The summed E-state index contributed by atoms with van der Waals surface area (Å²) >= 11 is 0. The lowest BCUT2D eigenvalue weighted by Crippen LogP contribution is -2.44. The van der Waals surface area contributed by atoms with E-state index in [4.69, 9.17) is 0 Å². The Labute approximate surface area is 137 Å². The average Bonchev–Trinajstić information content (AvgIpc) is 2.55. The molecule has 126 valence electrons. The number of likely N-dealkylation sites (tertiary alicyclic amines) is 2. The van der Waals surface area contributed by atoms with Crippen LogP contribution in [0.15, 0.2) is 23.4 Å². The van der Waals surface area contributed by atoms with Crippen molar-refractivity contribution in [1.82, 2.24) is 19.4 Å². The molecule has 1 atom stereocenters. The van der Waals surface area contributed by atoms with Crippen LogP contribution in [-0.2, 0) is 11.3 Å². The highest BCUT2D eigenvalue weighted by atomic mass is 16.2. The van der Waals surface area contributed by atoms with Crippen molar-refractivity contribution in [2.75, 3.05) is 33.2 Å². The van der Waals surface area contributed by atoms with Crippen LogP contribution in [0.25, 0.3) is 0 Å². The third-order valence-electron chi connectivity index (χ3n) is 5.20. The van der Waals surface area contributed by atoms with Crippen LogP contribution in [0.5, 0.6) is 0 Å². The number of hydrogen-bond acceptors (Lipinski definition) is 4. The fourth-order valence-corrected chi connectivity index (χ4v) is 3.76. The van der Waals surface area contributed by atoms with Crippen LogP contribution in [0.1, 0.15) is 25.7 Å². The minimum Gasteiger partial charge on any atom is -0.345 e. The molecule has 2 saturated heterocycles. The first-order valence-corrected chi connectivity index (χ1v) is 8.58. The second-order valence-electron chi connectivity index (χ2n) is 6.99. The summed E-state index contributed by atoms with van der Waals surface area (Å²) in [6.45, 7) is 4.95. The molecule has 0 bridgehead atoms. The summed E-state index contributed by atoms with van der Waals surface area (Å²) in [6, 6.07) is 1.52. The number of nitrogens with zero attached hydrogens (tertiary/aromatic N) is 4. The van der Waals surface area contributed by atoms with Crippen molar-refractivity contribution in [3.63, 3.8) is 0 Å². The van der Waals surface area contributed by atoms with Gasteiger partial charge in [-0.3, -0.25) is 14.2 Å². The van der Waals surface area contributed by atoms with Crippen molar-refractivity contribution in [3.8, 4) is 0 Å². The second kappa shape index (κ2) is 7.25. The molecule has 6 heteroatoms. The molecule has 0 aliphatic carbocycles. The van der Waals surface area contributed by atoms with Crippen LogP contribution in [0, 0.1) is 11.8 Å². The molecule has 0 saturated carbocycles. The number of rotatable bonds is 4. The normalized spacial score (nSPS) is 24.1. The number of carbonyl (C=O) groups is 1. The summed E-state index contributed by atoms with van der Waals surface area (Å²) in [7, 11) is 1.91. The lowest BCUT2D eigenvalue weighted by atomic mass is 9.93. The van der Waals surface area contributed by atoms with Crippen molar-refractivity contribution in [3.05, 3.63) is 28.9 Å². The molecule has 3 rings (SSSR count). The summed E-state index contributed by atoms with van der Waals surface area (Å²) in [5, 5.41) is 0. The molecule has 2 fully saturated rings. The minimum absolute atomic E-state index is 0.0392. The Morgan fingerprint density at radius 3 is 2.61 bits per heavy atom. The maximum Gasteiger partial charge on any atom is 0.253 e. The molecule has 0 spiro atoms. The smallest absolute Gasteiger partial charge is 0.253 e. The molecule has 1 aromatic heterocycles. The van der Waals surface area contributed by atoms with Gasteiger partial charge in [-0.25, -0.2) is 4.98 Å². The van der Waals surface area contributed by atoms with Gasteiger partial charge in [0.15, 0.2) is 0 Å². The zero-order valence-corrected chi connectivity index (χ0v) is 13.9. The molecule has 0 aromatic carbocycles. The summed E-state index contributed by atoms with van der Waals surface area (Å²) in [5.74, 6) is 1.45. The van der Waals surface area contributed by atoms with Gasteiger partial charge in [0.2, 0.25) is 5.91 Å². The largest absolute Gasteiger partial charge is 0.345 e. The van der Waals surface area contributed by atoms with Gasteiger partial charge in [0, 0.05) is 45.4 Å². The van der Waals surface area contributed by atoms with Crippen LogP contribution in [0.4, 0.5) is 0 Å². The van der Waals surface area contributed by atoms with E-state index in [1.807, 2.05) is 11.9 Å². The van der Waals surface area contributed by atoms with Crippen molar-refractivity contribution < 1.29 is 4.79 Å². The van der Waals surface area contributed by atoms with Crippen LogP contribution >= 0.6 is 0 Å². The molecule has 2 aliphatic rings. The van der Waals surface area contributed by atoms with E-state index in [0.29, 0.717) is 18.3 Å². The topological polar surface area (TPSA) is 58.4 Å². The van der Waals surface area contributed by atoms with E-state index < -0.39 is 0 Å². The lowest BCUT2D eigenvalue weighted by molar-refractivity contribution is -0.133. The van der Waals surface area contributed by atoms with Crippen LogP contribution in [0.3, 0.4) is 0 Å². The van der Waals surface area contributed by atoms with Gasteiger partial charge in [0.25, 0.3) is 5.56 Å². The summed E-state index contributed by atoms with van der Waals surface area (Å²) < 4.78 is 1.72. The van der Waals surface area contributed by atoms with Gasteiger partial charge in [-0.15, -0.1) is 0 Å². The standard InChI is InChI=1S/C17H26N4O2/c1-19-10-15(2-3-16(19)22)11-20-8-5-14(6-9-20)12-21-13-18-7-4-17(21)23/h4,7,13-15H,2-3,5-6,8-12H2,1H3. The Morgan fingerprint density at radius 1 is 1.13 bits per heavy atom. The number of hydrogen-bond donors (Lipinski definition) is 0. The summed E-state index contributed by atoms with van der Waals surface area (Å²) in [5.41, 5.74) is 0.0392. The molecule has 1 amide bonds. The third-order valence-corrected chi connectivity index (χ3v) is 5.20. The highest BCUT2D eigenvalue weighted by Gasteiger charge is 2.26. The van der Waals surface area contributed by atoms with Gasteiger partial charge in [0.1, 0.15) is 0 Å². The van der Waals surface area contributed by atoms with E-state index in [0.717, 1.165) is 52.0 Å². The van der Waals surface area contributed by atoms with Crippen molar-refractivity contribution in [2.24, 2.45) is 11.8 Å². The van der Waals surface area contributed by atoms with Gasteiger partial charge in [0.05, 0.1) is 6.33 Å². The molecule has 6 nitrogen and oxygen atoms in total. The Kier molecular flexibility index (Phi) is 5.10. The molecule has 1 aromatic rings. The Hall–Kier alpha value is -1.69. The molecule has 23 heavy (non-hydrogen) atoms. The van der Waals surface area contributed by atoms with Gasteiger partial charge >= 0.3 is 0 Å². The average molecular weight is 318 g/mol. The van der Waals surface area contributed by atoms with Crippen molar-refractivity contribution in [2.45, 2.75) is 32.2 Å². The fraction of sp³-hybridized carbons (Fsp3) is 0.706. The number of aromatic nitrogens is 2. The highest BCUT2D eigenvalue weighted by molar-refractivity contribution is 5.76. The van der Waals surface area contributed by atoms with E-state index in [1.54, 1.807) is 17.1 Å². The van der Waals surface area contributed by atoms with E-state index >= 15 is 0 Å². The van der Waals surface area contributed by atoms with E-state index in [-0.39, 0.29) is 11.5 Å². The number of piperidine rings is 2. The lowest BCUT2D eigenvalue weighted by Gasteiger charge is -2.37. The molecule has 0 radical (unpaired) electrons. The Balaban J connectivity index is 1.44. The van der Waals surface area contributed by atoms with Gasteiger partial charge < -0.3 is 9.80 Å². The number of carbonyl (C=O) groups excluding carboxylic acids is 1. The predicted octanol–water partition coefficient (Wildman–Crippen LogP) is 0.824. The second-order valence-corrected chi connectivity index (χ2v) is 6.99. The van der Waals surface area contributed by atoms with Gasteiger partial charge in [-0.05, 0) is 44.2 Å². The van der Waals surface area contributed by atoms with E-state index in [9.17, 15) is 9.59 Å². The highest BCUT2D eigenvalue weighted by Crippen LogP contribution is 2.22. The van der Waals surface area contributed by atoms with Crippen molar-refractivity contribution >= 4 is 5.91 Å². The molecular weight excluding hydrogens is 292 g/mol. The van der Waals surface area contributed by atoms with Crippen LogP contribution in [-0.4, -0.2) is 58.5 Å². The first-order valence-electron chi connectivity index (χ1n) is 8.58. The van der Waals surface area contributed by atoms with Crippen LogP contribution < -0.4 is 5.56 Å². The maximum atomic E-state index is 11.8. The van der Waals surface area contributed by atoms with Crippen molar-refractivity contribution in [1.29, 1.82) is 0 Å². The zero-order valence-electron chi connectivity index (χ0n) is 13.9. The minimum atomic E-state index is 0.0392. The van der Waals surface area contributed by atoms with E-state index in [2.05, 4.69) is 9.88 Å². The SMILES string of the molecule is CN1CC(CN2CCC(Cn3cnccc3=O)CC2)CCC1=O. The Bertz CT molecular complexity index is 592. The fourth-order valence-electron chi connectivity index (χ4n) is 3.76. The molecule has 2 aliphatic heterocycles. The monoisotopic (exact) mass is 318 g/mol. The van der Waals surface area contributed by atoms with Gasteiger partial charge in [-0.2, -0.15) is 0 Å². The molecule has 0 N–H and O–H groups in total.